The first-order chi connectivity index (χ1) is 17.7. The van der Waals surface area contributed by atoms with Crippen molar-refractivity contribution in [3.63, 3.8) is 0 Å². The maximum absolute atomic E-state index is 13.2. The number of fused-ring (bicyclic) bond motifs is 1. The Kier molecular flexibility index (Phi) is 7.45. The molecule has 4 N–H and O–H groups in total. The number of anilines is 1. The molecule has 0 fully saturated rings. The van der Waals surface area contributed by atoms with E-state index in [-0.39, 0.29) is 24.3 Å². The SMILES string of the molecule is COCCc1c(S(=O)(=O)NC(=O)Nc2c(-c3ccnc(OC)c3)ccc3c2CCC3)nn(C)c1C(N)=O. The van der Waals surface area contributed by atoms with Gasteiger partial charge in [0, 0.05) is 44.0 Å². The Morgan fingerprint density at radius 1 is 1.19 bits per heavy atom. The number of rotatable bonds is 9. The monoisotopic (exact) mass is 528 g/mol. The van der Waals surface area contributed by atoms with Gasteiger partial charge in [-0.3, -0.25) is 9.48 Å². The number of nitrogens with two attached hydrogens (primary N) is 1. The van der Waals surface area contributed by atoms with Gasteiger partial charge < -0.3 is 20.5 Å². The zero-order valence-corrected chi connectivity index (χ0v) is 21.5. The Labute approximate surface area is 214 Å². The number of carbonyl (C=O) groups is 2. The molecule has 0 saturated heterocycles. The number of amides is 3. The summed E-state index contributed by atoms with van der Waals surface area (Å²) in [6, 6.07) is 6.43. The van der Waals surface area contributed by atoms with E-state index in [4.69, 9.17) is 15.2 Å². The van der Waals surface area contributed by atoms with Gasteiger partial charge in [-0.2, -0.15) is 13.5 Å². The van der Waals surface area contributed by atoms with Gasteiger partial charge in [-0.1, -0.05) is 12.1 Å². The highest BCUT2D eigenvalue weighted by molar-refractivity contribution is 7.90. The summed E-state index contributed by atoms with van der Waals surface area (Å²) in [4.78, 5) is 29.1. The van der Waals surface area contributed by atoms with Crippen molar-refractivity contribution in [2.75, 3.05) is 26.1 Å². The molecule has 2 heterocycles. The van der Waals surface area contributed by atoms with Crippen LogP contribution >= 0.6 is 0 Å². The zero-order chi connectivity index (χ0) is 26.7. The molecule has 13 heteroatoms. The number of sulfonamides is 1. The van der Waals surface area contributed by atoms with Crippen LogP contribution in [0.3, 0.4) is 0 Å². The van der Waals surface area contributed by atoms with E-state index in [0.29, 0.717) is 17.1 Å². The molecule has 0 unspecified atom stereocenters. The summed E-state index contributed by atoms with van der Waals surface area (Å²) in [7, 11) is -0.117. The standard InChI is InChI=1S/C24H28N6O6S/c1-30-21(22(25)31)18(10-12-35-2)23(28-30)37(33,34)29-24(32)27-20-16-6-4-5-14(16)7-8-17(20)15-9-11-26-19(13-15)36-3/h7-9,11,13H,4-6,10,12H2,1-3H3,(H2,25,31)(H2,27,29,32). The number of nitrogens with one attached hydrogen (secondary N) is 2. The van der Waals surface area contributed by atoms with Crippen LogP contribution in [-0.2, 0) is 41.1 Å². The Balaban J connectivity index is 1.68. The molecule has 12 nitrogen and oxygen atoms in total. The highest BCUT2D eigenvalue weighted by atomic mass is 32.2. The first-order valence-corrected chi connectivity index (χ1v) is 13.0. The second kappa shape index (κ2) is 10.6. The predicted octanol–water partition coefficient (Wildman–Crippen LogP) is 1.78. The van der Waals surface area contributed by atoms with E-state index in [9.17, 15) is 18.0 Å². The van der Waals surface area contributed by atoms with E-state index < -0.39 is 27.0 Å². The summed E-state index contributed by atoms with van der Waals surface area (Å²) in [5.74, 6) is -0.441. The van der Waals surface area contributed by atoms with E-state index in [2.05, 4.69) is 15.4 Å². The molecule has 0 saturated carbocycles. The van der Waals surface area contributed by atoms with Gasteiger partial charge in [0.15, 0.2) is 0 Å². The smallest absolute Gasteiger partial charge is 0.333 e. The Hall–Kier alpha value is -3.97. The number of aryl methyl sites for hydroxylation is 2. The number of aromatic nitrogens is 3. The molecule has 1 aliphatic carbocycles. The number of hydrogen-bond donors (Lipinski definition) is 3. The average molecular weight is 529 g/mol. The number of ether oxygens (including phenoxy) is 2. The Morgan fingerprint density at radius 3 is 2.68 bits per heavy atom. The van der Waals surface area contributed by atoms with Crippen LogP contribution in [0.25, 0.3) is 11.1 Å². The molecule has 0 radical (unpaired) electrons. The van der Waals surface area contributed by atoms with Crippen LogP contribution in [0.5, 0.6) is 5.88 Å². The minimum Gasteiger partial charge on any atom is -0.481 e. The summed E-state index contributed by atoms with van der Waals surface area (Å²) < 4.78 is 39.8. The van der Waals surface area contributed by atoms with Gasteiger partial charge in [-0.05, 0) is 42.0 Å². The van der Waals surface area contributed by atoms with Crippen molar-refractivity contribution >= 4 is 27.6 Å². The van der Waals surface area contributed by atoms with Crippen molar-refractivity contribution in [1.82, 2.24) is 19.5 Å². The summed E-state index contributed by atoms with van der Waals surface area (Å²) in [5, 5.41) is 6.24. The van der Waals surface area contributed by atoms with Crippen molar-refractivity contribution in [1.29, 1.82) is 0 Å². The first-order valence-electron chi connectivity index (χ1n) is 11.5. The molecule has 0 bridgehead atoms. The van der Waals surface area contributed by atoms with Crippen molar-refractivity contribution in [2.45, 2.75) is 30.7 Å². The normalized spacial score (nSPS) is 12.7. The van der Waals surface area contributed by atoms with Crippen LogP contribution in [0.1, 0.15) is 33.6 Å². The molecule has 0 spiro atoms. The highest BCUT2D eigenvalue weighted by Gasteiger charge is 2.31. The fraction of sp³-hybridized carbons (Fsp3) is 0.333. The topological polar surface area (TPSA) is 168 Å². The van der Waals surface area contributed by atoms with Gasteiger partial charge in [-0.25, -0.2) is 14.5 Å². The molecule has 1 aliphatic rings. The minimum absolute atomic E-state index is 0.0562. The third-order valence-electron chi connectivity index (χ3n) is 6.16. The Morgan fingerprint density at radius 2 is 1.97 bits per heavy atom. The van der Waals surface area contributed by atoms with E-state index in [1.807, 2.05) is 16.9 Å². The van der Waals surface area contributed by atoms with Crippen LogP contribution in [0, 0.1) is 0 Å². The van der Waals surface area contributed by atoms with Gasteiger partial charge in [0.05, 0.1) is 19.4 Å². The molecule has 3 amide bonds. The summed E-state index contributed by atoms with van der Waals surface area (Å²) in [5.41, 5.74) is 9.42. The van der Waals surface area contributed by atoms with Crippen LogP contribution in [-0.4, -0.2) is 55.9 Å². The van der Waals surface area contributed by atoms with Gasteiger partial charge in [0.2, 0.25) is 10.9 Å². The van der Waals surface area contributed by atoms with Gasteiger partial charge in [-0.15, -0.1) is 0 Å². The van der Waals surface area contributed by atoms with Crippen molar-refractivity contribution < 1.29 is 27.5 Å². The van der Waals surface area contributed by atoms with Crippen molar-refractivity contribution in [3.8, 4) is 17.0 Å². The van der Waals surface area contributed by atoms with Crippen LogP contribution in [0.4, 0.5) is 10.5 Å². The lowest BCUT2D eigenvalue weighted by molar-refractivity contribution is 0.0990. The summed E-state index contributed by atoms with van der Waals surface area (Å²) >= 11 is 0. The molecule has 1 aromatic carbocycles. The van der Waals surface area contributed by atoms with Crippen LogP contribution in [0.15, 0.2) is 35.5 Å². The van der Waals surface area contributed by atoms with Gasteiger partial charge >= 0.3 is 6.03 Å². The second-order valence-corrected chi connectivity index (χ2v) is 10.1. The lowest BCUT2D eigenvalue weighted by atomic mass is 9.98. The minimum atomic E-state index is -4.47. The number of hydrogen-bond acceptors (Lipinski definition) is 8. The average Bonchev–Trinajstić information content (AvgIpc) is 3.47. The van der Waals surface area contributed by atoms with E-state index in [1.54, 1.807) is 18.3 Å². The quantitative estimate of drug-likeness (QED) is 0.378. The van der Waals surface area contributed by atoms with Crippen LogP contribution < -0.4 is 20.5 Å². The molecule has 3 aromatic rings. The number of benzene rings is 1. The molecule has 37 heavy (non-hydrogen) atoms. The fourth-order valence-electron chi connectivity index (χ4n) is 4.54. The lowest BCUT2D eigenvalue weighted by Crippen LogP contribution is -2.35. The van der Waals surface area contributed by atoms with Crippen LogP contribution in [0.2, 0.25) is 0 Å². The molecule has 4 rings (SSSR count). The van der Waals surface area contributed by atoms with Gasteiger partial charge in [0.25, 0.3) is 15.9 Å². The fourth-order valence-corrected chi connectivity index (χ4v) is 5.69. The highest BCUT2D eigenvalue weighted by Crippen LogP contribution is 2.38. The lowest BCUT2D eigenvalue weighted by Gasteiger charge is -2.17. The van der Waals surface area contributed by atoms with Gasteiger partial charge in [0.1, 0.15) is 5.69 Å². The molecule has 0 atom stereocenters. The zero-order valence-electron chi connectivity index (χ0n) is 20.7. The van der Waals surface area contributed by atoms with Crippen molar-refractivity contribution in [2.24, 2.45) is 12.8 Å². The Bertz CT molecular complexity index is 1470. The summed E-state index contributed by atoms with van der Waals surface area (Å²) in [6.45, 7) is 0.121. The van der Waals surface area contributed by atoms with Crippen molar-refractivity contribution in [3.05, 3.63) is 52.8 Å². The molecular formula is C24H28N6O6S. The largest absolute Gasteiger partial charge is 0.481 e. The molecular weight excluding hydrogens is 500 g/mol. The first kappa shape index (κ1) is 26.1. The number of pyridine rings is 1. The maximum Gasteiger partial charge on any atom is 0.333 e. The number of urea groups is 1. The predicted molar refractivity (Wildman–Crippen MR) is 135 cm³/mol. The number of carbonyl (C=O) groups excluding carboxylic acids is 2. The third kappa shape index (κ3) is 5.27. The third-order valence-corrected chi connectivity index (χ3v) is 7.45. The molecule has 2 aromatic heterocycles. The molecule has 0 aliphatic heterocycles. The molecule has 196 valence electrons. The maximum atomic E-state index is 13.2. The van der Waals surface area contributed by atoms with E-state index >= 15 is 0 Å². The number of methoxy groups -OCH3 is 2. The van der Waals surface area contributed by atoms with E-state index in [1.165, 1.54) is 21.3 Å². The number of primary amides is 1. The van der Waals surface area contributed by atoms with E-state index in [0.717, 1.165) is 40.6 Å². The number of nitrogens with zero attached hydrogens (tertiary/aromatic N) is 3. The summed E-state index contributed by atoms with van der Waals surface area (Å²) in [6.07, 6.45) is 4.16. The second-order valence-electron chi connectivity index (χ2n) is 8.49.